The van der Waals surface area contributed by atoms with Gasteiger partial charge in [-0.2, -0.15) is 0 Å². The number of halogens is 2. The molecule has 4 rings (SSSR count). The average Bonchev–Trinajstić information content (AvgIpc) is 3.29. The van der Waals surface area contributed by atoms with E-state index in [0.717, 1.165) is 23.5 Å². The van der Waals surface area contributed by atoms with Crippen molar-refractivity contribution in [2.75, 3.05) is 18.4 Å². The standard InChI is InChI=1S/C22H18F2N4O4S/c23-14-4-1-5-15(24)18(14)20-27-17(11-33-20)19(29)26-16-9-25-7-6-13(16)21(30)28-8-2-3-12(10-28)22(31)32/h1,4-7,9,11-12H,2-3,8,10H2,(H,26,29)(H,31,32). The number of hydrogen-bond acceptors (Lipinski definition) is 6. The third-order valence-electron chi connectivity index (χ3n) is 5.27. The maximum atomic E-state index is 14.0. The predicted molar refractivity (Wildman–Crippen MR) is 116 cm³/mol. The quantitative estimate of drug-likeness (QED) is 0.586. The van der Waals surface area contributed by atoms with Crippen molar-refractivity contribution in [1.29, 1.82) is 0 Å². The summed E-state index contributed by atoms with van der Waals surface area (Å²) < 4.78 is 28.1. The summed E-state index contributed by atoms with van der Waals surface area (Å²) in [6, 6.07) is 4.87. The molecule has 1 atom stereocenters. The van der Waals surface area contributed by atoms with Crippen molar-refractivity contribution in [3.8, 4) is 10.6 Å². The molecule has 170 valence electrons. The number of aromatic nitrogens is 2. The third-order valence-corrected chi connectivity index (χ3v) is 6.13. The van der Waals surface area contributed by atoms with Crippen molar-refractivity contribution in [2.45, 2.75) is 12.8 Å². The van der Waals surface area contributed by atoms with Crippen molar-refractivity contribution >= 4 is 34.8 Å². The maximum absolute atomic E-state index is 14.0. The first-order valence-electron chi connectivity index (χ1n) is 10.0. The largest absolute Gasteiger partial charge is 0.481 e. The molecule has 0 spiro atoms. The summed E-state index contributed by atoms with van der Waals surface area (Å²) in [4.78, 5) is 46.5. The Morgan fingerprint density at radius 2 is 1.94 bits per heavy atom. The van der Waals surface area contributed by atoms with Gasteiger partial charge in [0, 0.05) is 24.7 Å². The smallest absolute Gasteiger partial charge is 0.308 e. The second-order valence-electron chi connectivity index (χ2n) is 7.44. The molecular weight excluding hydrogens is 454 g/mol. The van der Waals surface area contributed by atoms with Crippen molar-refractivity contribution < 1.29 is 28.3 Å². The van der Waals surface area contributed by atoms with Crippen LogP contribution < -0.4 is 5.32 Å². The predicted octanol–water partition coefficient (Wildman–Crippen LogP) is 3.67. The molecule has 1 aromatic carbocycles. The van der Waals surface area contributed by atoms with Gasteiger partial charge in [-0.3, -0.25) is 19.4 Å². The van der Waals surface area contributed by atoms with Gasteiger partial charge in [0.25, 0.3) is 11.8 Å². The molecule has 1 aliphatic rings. The van der Waals surface area contributed by atoms with Crippen molar-refractivity contribution in [2.24, 2.45) is 5.92 Å². The first-order chi connectivity index (χ1) is 15.8. The summed E-state index contributed by atoms with van der Waals surface area (Å²) in [7, 11) is 0. The molecule has 1 aliphatic heterocycles. The fourth-order valence-corrected chi connectivity index (χ4v) is 4.44. The number of likely N-dealkylation sites (tertiary alicyclic amines) is 1. The zero-order valence-electron chi connectivity index (χ0n) is 17.1. The summed E-state index contributed by atoms with van der Waals surface area (Å²) >= 11 is 0.908. The van der Waals surface area contributed by atoms with E-state index in [-0.39, 0.29) is 34.1 Å². The Labute approximate surface area is 190 Å². The van der Waals surface area contributed by atoms with Gasteiger partial charge in [0.15, 0.2) is 0 Å². The summed E-state index contributed by atoms with van der Waals surface area (Å²) in [5.41, 5.74) is -0.128. The highest BCUT2D eigenvalue weighted by Crippen LogP contribution is 2.29. The van der Waals surface area contributed by atoms with E-state index in [4.69, 9.17) is 0 Å². The molecule has 1 saturated heterocycles. The Morgan fingerprint density at radius 1 is 1.18 bits per heavy atom. The van der Waals surface area contributed by atoms with Gasteiger partial charge in [-0.1, -0.05) is 6.07 Å². The minimum Gasteiger partial charge on any atom is -0.481 e. The highest BCUT2D eigenvalue weighted by atomic mass is 32.1. The number of carbonyl (C=O) groups excluding carboxylic acids is 2. The molecule has 33 heavy (non-hydrogen) atoms. The molecule has 8 nitrogen and oxygen atoms in total. The molecule has 1 fully saturated rings. The Hall–Kier alpha value is -3.73. The number of carbonyl (C=O) groups is 3. The minimum absolute atomic E-state index is 0.00580. The summed E-state index contributed by atoms with van der Waals surface area (Å²) in [6.45, 7) is 0.482. The lowest BCUT2D eigenvalue weighted by Gasteiger charge is -2.31. The number of amides is 2. The number of nitrogens with one attached hydrogen (secondary N) is 1. The first kappa shape index (κ1) is 22.5. The van der Waals surface area contributed by atoms with Crippen LogP contribution in [0.15, 0.2) is 42.0 Å². The number of piperidine rings is 1. The van der Waals surface area contributed by atoms with E-state index in [2.05, 4.69) is 15.3 Å². The average molecular weight is 472 g/mol. The van der Waals surface area contributed by atoms with Gasteiger partial charge in [0.05, 0.1) is 28.9 Å². The van der Waals surface area contributed by atoms with Crippen molar-refractivity contribution in [3.05, 3.63) is 64.9 Å². The van der Waals surface area contributed by atoms with E-state index >= 15 is 0 Å². The molecule has 2 aromatic heterocycles. The van der Waals surface area contributed by atoms with Crippen molar-refractivity contribution in [3.63, 3.8) is 0 Å². The molecule has 2 N–H and O–H groups in total. The maximum Gasteiger partial charge on any atom is 0.308 e. The van der Waals surface area contributed by atoms with Gasteiger partial charge >= 0.3 is 5.97 Å². The lowest BCUT2D eigenvalue weighted by atomic mass is 9.97. The SMILES string of the molecule is O=C(Nc1cnccc1C(=O)N1CCCC(C(=O)O)C1)c1csc(-c2c(F)cccc2F)n1. The van der Waals surface area contributed by atoms with Crippen LogP contribution >= 0.6 is 11.3 Å². The van der Waals surface area contributed by atoms with Crippen molar-refractivity contribution in [1.82, 2.24) is 14.9 Å². The first-order valence-corrected chi connectivity index (χ1v) is 10.9. The molecule has 0 bridgehead atoms. The highest BCUT2D eigenvalue weighted by molar-refractivity contribution is 7.13. The Kier molecular flexibility index (Phi) is 6.40. The number of carboxylic acid groups (broad SMARTS) is 1. The van der Waals surface area contributed by atoms with E-state index < -0.39 is 35.3 Å². The number of thiazole rings is 1. The highest BCUT2D eigenvalue weighted by Gasteiger charge is 2.30. The number of nitrogens with zero attached hydrogens (tertiary/aromatic N) is 3. The van der Waals surface area contributed by atoms with Gasteiger partial charge in [-0.15, -0.1) is 11.3 Å². The number of carboxylic acids is 1. The van der Waals surface area contributed by atoms with E-state index in [9.17, 15) is 28.3 Å². The van der Waals surface area contributed by atoms with Crippen LogP contribution in [0.25, 0.3) is 10.6 Å². The van der Waals surface area contributed by atoms with E-state index in [1.807, 2.05) is 0 Å². The molecule has 0 saturated carbocycles. The third kappa shape index (κ3) is 4.72. The number of aliphatic carboxylic acids is 1. The van der Waals surface area contributed by atoms with Crippen LogP contribution in [0, 0.1) is 17.6 Å². The van der Waals surface area contributed by atoms with Crippen LogP contribution in [0.4, 0.5) is 14.5 Å². The zero-order valence-corrected chi connectivity index (χ0v) is 17.9. The number of benzene rings is 1. The fourth-order valence-electron chi connectivity index (χ4n) is 3.60. The molecule has 2 amide bonds. The molecule has 3 heterocycles. The molecule has 1 unspecified atom stereocenters. The number of hydrogen-bond donors (Lipinski definition) is 2. The monoisotopic (exact) mass is 472 g/mol. The number of rotatable bonds is 5. The molecule has 0 radical (unpaired) electrons. The lowest BCUT2D eigenvalue weighted by molar-refractivity contribution is -0.143. The fraction of sp³-hybridized carbons (Fsp3) is 0.227. The minimum atomic E-state index is -0.957. The normalized spacial score (nSPS) is 15.8. The van der Waals surface area contributed by atoms with E-state index in [1.165, 1.54) is 34.8 Å². The summed E-state index contributed by atoms with van der Waals surface area (Å²) in [5, 5.41) is 13.2. The lowest BCUT2D eigenvalue weighted by Crippen LogP contribution is -2.42. The second-order valence-corrected chi connectivity index (χ2v) is 8.30. The zero-order chi connectivity index (χ0) is 23.5. The van der Waals surface area contributed by atoms with Crippen LogP contribution in [0.2, 0.25) is 0 Å². The van der Waals surface area contributed by atoms with Crippen LogP contribution in [0.1, 0.15) is 33.7 Å². The molecular formula is C22H18F2N4O4S. The van der Waals surface area contributed by atoms with Crippen LogP contribution in [-0.4, -0.2) is 50.8 Å². The Morgan fingerprint density at radius 3 is 2.67 bits per heavy atom. The van der Waals surface area contributed by atoms with Crippen LogP contribution in [-0.2, 0) is 4.79 Å². The van der Waals surface area contributed by atoms with Gasteiger partial charge in [0.1, 0.15) is 22.3 Å². The molecule has 0 aliphatic carbocycles. The van der Waals surface area contributed by atoms with Gasteiger partial charge in [-0.05, 0) is 31.0 Å². The van der Waals surface area contributed by atoms with Gasteiger partial charge in [0.2, 0.25) is 0 Å². The summed E-state index contributed by atoms with van der Waals surface area (Å²) in [5.74, 6) is -4.30. The second kappa shape index (κ2) is 9.41. The van der Waals surface area contributed by atoms with Crippen LogP contribution in [0.3, 0.4) is 0 Å². The Bertz CT molecular complexity index is 1210. The molecule has 3 aromatic rings. The number of anilines is 1. The number of pyridine rings is 1. The van der Waals surface area contributed by atoms with E-state index in [1.54, 1.807) is 0 Å². The summed E-state index contributed by atoms with van der Waals surface area (Å²) in [6.07, 6.45) is 3.74. The van der Waals surface area contributed by atoms with Crippen LogP contribution in [0.5, 0.6) is 0 Å². The Balaban J connectivity index is 1.54. The topological polar surface area (TPSA) is 112 Å². The van der Waals surface area contributed by atoms with Gasteiger partial charge in [-0.25, -0.2) is 13.8 Å². The van der Waals surface area contributed by atoms with Gasteiger partial charge < -0.3 is 15.3 Å². The molecule has 11 heteroatoms. The van der Waals surface area contributed by atoms with E-state index in [0.29, 0.717) is 19.4 Å².